The van der Waals surface area contributed by atoms with E-state index in [2.05, 4.69) is 0 Å². The molecule has 0 aromatic heterocycles. The molecule has 8 heavy (non-hydrogen) atoms. The molecule has 2 atom stereocenters. The minimum atomic E-state index is -2.49. The van der Waals surface area contributed by atoms with Gasteiger partial charge in [0.2, 0.25) is 12.0 Å². The van der Waals surface area contributed by atoms with Gasteiger partial charge in [-0.1, -0.05) is 0 Å². The number of hydrogen-bond acceptors (Lipinski definition) is 3. The van der Waals surface area contributed by atoms with Gasteiger partial charge in [-0.05, 0) is 6.92 Å². The zero-order valence-electron chi connectivity index (χ0n) is 4.30. The molecule has 3 nitrogen and oxygen atoms in total. The van der Waals surface area contributed by atoms with Crippen molar-refractivity contribution < 1.29 is 14.6 Å². The van der Waals surface area contributed by atoms with Crippen LogP contribution in [0.15, 0.2) is 0 Å². The lowest BCUT2D eigenvalue weighted by Gasteiger charge is -2.12. The average molecular weight is 119 g/mol. The lowest BCUT2D eigenvalue weighted by molar-refractivity contribution is -0.0966. The van der Waals surface area contributed by atoms with Crippen molar-refractivity contribution in [2.75, 3.05) is 0 Å². The molecule has 0 amide bonds. The number of hydrogen-bond donors (Lipinski definition) is 2. The van der Waals surface area contributed by atoms with Crippen molar-refractivity contribution in [3.05, 3.63) is 0 Å². The Hall–Kier alpha value is -0.660. The first-order valence-corrected chi connectivity index (χ1v) is 1.96. The Bertz CT molecular complexity index is 116. The fourth-order valence-electron chi connectivity index (χ4n) is 0.0533. The van der Waals surface area contributed by atoms with E-state index in [1.807, 2.05) is 0 Å². The van der Waals surface area contributed by atoms with E-state index in [1.54, 1.807) is 0 Å². The van der Waals surface area contributed by atoms with Crippen LogP contribution in [-0.4, -0.2) is 22.2 Å². The standard InChI is InChI=1S/C4H6FNO2/c1-4(8,2-6)3(5)7/h3,7-8H,1H3. The SMILES string of the molecule is CC(O)(C#N)C(O)F. The molecule has 0 aromatic carbocycles. The Balaban J connectivity index is 3.97. The Kier molecular flexibility index (Phi) is 1.90. The van der Waals surface area contributed by atoms with Gasteiger partial charge >= 0.3 is 0 Å². The van der Waals surface area contributed by atoms with E-state index in [0.29, 0.717) is 0 Å². The third-order valence-electron chi connectivity index (χ3n) is 0.690. The van der Waals surface area contributed by atoms with Gasteiger partial charge < -0.3 is 10.2 Å². The quantitative estimate of drug-likeness (QED) is 0.459. The first-order chi connectivity index (χ1) is 3.50. The maximum atomic E-state index is 11.6. The molecule has 2 unspecified atom stereocenters. The van der Waals surface area contributed by atoms with Crippen LogP contribution in [0.3, 0.4) is 0 Å². The maximum absolute atomic E-state index is 11.6. The lowest BCUT2D eigenvalue weighted by Crippen LogP contribution is -2.33. The molecule has 0 radical (unpaired) electrons. The average Bonchev–Trinajstić information content (AvgIpc) is 1.67. The molecule has 0 saturated heterocycles. The first kappa shape index (κ1) is 7.34. The van der Waals surface area contributed by atoms with Crippen molar-refractivity contribution in [2.24, 2.45) is 0 Å². The van der Waals surface area contributed by atoms with E-state index in [1.165, 1.54) is 6.07 Å². The summed E-state index contributed by atoms with van der Waals surface area (Å²) in [6, 6.07) is 1.17. The maximum Gasteiger partial charge on any atom is 0.238 e. The van der Waals surface area contributed by atoms with Crippen molar-refractivity contribution in [1.82, 2.24) is 0 Å². The molecule has 0 spiro atoms. The summed E-state index contributed by atoms with van der Waals surface area (Å²) in [5.41, 5.74) is -2.26. The molecule has 0 saturated carbocycles. The molecular weight excluding hydrogens is 113 g/mol. The van der Waals surface area contributed by atoms with Crippen LogP contribution in [0, 0.1) is 11.3 Å². The van der Waals surface area contributed by atoms with Crippen LogP contribution in [0.4, 0.5) is 4.39 Å². The fourth-order valence-corrected chi connectivity index (χ4v) is 0.0533. The second kappa shape index (κ2) is 2.07. The zero-order valence-corrected chi connectivity index (χ0v) is 4.30. The normalized spacial score (nSPS) is 20.9. The first-order valence-electron chi connectivity index (χ1n) is 1.96. The summed E-state index contributed by atoms with van der Waals surface area (Å²) < 4.78 is 11.6. The van der Waals surface area contributed by atoms with Crippen molar-refractivity contribution in [2.45, 2.75) is 18.9 Å². The smallest absolute Gasteiger partial charge is 0.238 e. The number of halogens is 1. The molecule has 2 N–H and O–H groups in total. The number of nitrogens with zero attached hydrogens (tertiary/aromatic N) is 1. The third-order valence-corrected chi connectivity index (χ3v) is 0.690. The molecule has 46 valence electrons. The number of nitriles is 1. The van der Waals surface area contributed by atoms with Gasteiger partial charge in [-0.25, -0.2) is 4.39 Å². The summed E-state index contributed by atoms with van der Waals surface area (Å²) in [6.07, 6.45) is -2.49. The van der Waals surface area contributed by atoms with Crippen LogP contribution in [0.25, 0.3) is 0 Å². The highest BCUT2D eigenvalue weighted by molar-refractivity contribution is 4.97. The molecule has 0 aliphatic heterocycles. The van der Waals surface area contributed by atoms with Gasteiger partial charge in [0.25, 0.3) is 0 Å². The second-order valence-electron chi connectivity index (χ2n) is 1.60. The van der Waals surface area contributed by atoms with Gasteiger partial charge in [-0.15, -0.1) is 0 Å². The van der Waals surface area contributed by atoms with Crippen LogP contribution in [0.2, 0.25) is 0 Å². The second-order valence-corrected chi connectivity index (χ2v) is 1.60. The molecule has 0 heterocycles. The monoisotopic (exact) mass is 119 g/mol. The van der Waals surface area contributed by atoms with Crippen LogP contribution in [0.5, 0.6) is 0 Å². The minimum Gasteiger partial charge on any atom is -0.371 e. The number of aliphatic hydroxyl groups excluding tert-OH is 1. The van der Waals surface area contributed by atoms with Gasteiger partial charge in [-0.2, -0.15) is 5.26 Å². The molecule has 0 rings (SSSR count). The summed E-state index contributed by atoms with van der Waals surface area (Å²) in [5, 5.41) is 24.2. The van der Waals surface area contributed by atoms with Gasteiger partial charge in [0.15, 0.2) is 0 Å². The Morgan fingerprint density at radius 1 is 1.88 bits per heavy atom. The number of alkyl halides is 1. The Labute approximate surface area is 46.0 Å². The Morgan fingerprint density at radius 3 is 2.25 bits per heavy atom. The highest BCUT2D eigenvalue weighted by atomic mass is 19.1. The third kappa shape index (κ3) is 1.45. The topological polar surface area (TPSA) is 64.2 Å². The van der Waals surface area contributed by atoms with Gasteiger partial charge in [-0.3, -0.25) is 0 Å². The largest absolute Gasteiger partial charge is 0.371 e. The van der Waals surface area contributed by atoms with E-state index in [9.17, 15) is 4.39 Å². The summed E-state index contributed by atoms with van der Waals surface area (Å²) in [6.45, 7) is 0.887. The van der Waals surface area contributed by atoms with Gasteiger partial charge in [0.1, 0.15) is 6.07 Å². The molecule has 0 aromatic rings. The summed E-state index contributed by atoms with van der Waals surface area (Å²) in [7, 11) is 0. The molecule has 0 aliphatic carbocycles. The van der Waals surface area contributed by atoms with Crippen LogP contribution in [-0.2, 0) is 0 Å². The van der Waals surface area contributed by atoms with Crippen LogP contribution >= 0.6 is 0 Å². The predicted octanol–water partition coefficient (Wildman–Crippen LogP) is -0.451. The van der Waals surface area contributed by atoms with E-state index in [4.69, 9.17) is 15.5 Å². The Morgan fingerprint density at radius 2 is 2.25 bits per heavy atom. The fraction of sp³-hybridized carbons (Fsp3) is 0.750. The van der Waals surface area contributed by atoms with E-state index in [-0.39, 0.29) is 0 Å². The highest BCUT2D eigenvalue weighted by Crippen LogP contribution is 2.07. The summed E-state index contributed by atoms with van der Waals surface area (Å²) in [5.74, 6) is 0. The molecular formula is C4H6FNO2. The summed E-state index contributed by atoms with van der Waals surface area (Å²) in [4.78, 5) is 0. The molecule has 4 heteroatoms. The van der Waals surface area contributed by atoms with Crippen LogP contribution < -0.4 is 0 Å². The predicted molar refractivity (Wildman–Crippen MR) is 23.4 cm³/mol. The van der Waals surface area contributed by atoms with E-state index in [0.717, 1.165) is 6.92 Å². The zero-order chi connectivity index (χ0) is 6.78. The van der Waals surface area contributed by atoms with E-state index < -0.39 is 12.0 Å². The number of aliphatic hydroxyl groups is 2. The lowest BCUT2D eigenvalue weighted by atomic mass is 10.1. The highest BCUT2D eigenvalue weighted by Gasteiger charge is 2.29. The molecule has 0 fully saturated rings. The van der Waals surface area contributed by atoms with Gasteiger partial charge in [0, 0.05) is 0 Å². The van der Waals surface area contributed by atoms with Crippen molar-refractivity contribution >= 4 is 0 Å². The van der Waals surface area contributed by atoms with E-state index >= 15 is 0 Å². The van der Waals surface area contributed by atoms with Crippen LogP contribution in [0.1, 0.15) is 6.92 Å². The molecule has 0 bridgehead atoms. The minimum absolute atomic E-state index is 0.887. The van der Waals surface area contributed by atoms with Crippen molar-refractivity contribution in [1.29, 1.82) is 5.26 Å². The van der Waals surface area contributed by atoms with Gasteiger partial charge in [0.05, 0.1) is 0 Å². The number of rotatable bonds is 1. The van der Waals surface area contributed by atoms with Crippen molar-refractivity contribution in [3.8, 4) is 6.07 Å². The van der Waals surface area contributed by atoms with Crippen molar-refractivity contribution in [3.63, 3.8) is 0 Å². The summed E-state index contributed by atoms with van der Waals surface area (Å²) >= 11 is 0. The molecule has 0 aliphatic rings.